The van der Waals surface area contributed by atoms with Crippen molar-refractivity contribution in [1.29, 1.82) is 5.26 Å². The summed E-state index contributed by atoms with van der Waals surface area (Å²) in [6, 6.07) is 2.77. The van der Waals surface area contributed by atoms with Gasteiger partial charge in [0.25, 0.3) is 0 Å². The molecule has 2 heteroatoms. The quantitative estimate of drug-likeness (QED) is 0.576. The van der Waals surface area contributed by atoms with Crippen LogP contribution in [0.15, 0.2) is 11.6 Å². The van der Waals surface area contributed by atoms with Gasteiger partial charge in [-0.2, -0.15) is 5.26 Å². The van der Waals surface area contributed by atoms with Crippen LogP contribution in [0.25, 0.3) is 0 Å². The maximum atomic E-state index is 8.55. The summed E-state index contributed by atoms with van der Waals surface area (Å²) in [5.41, 5.74) is 1.32. The molecule has 72 valence electrons. The molecule has 0 aromatic rings. The molecule has 0 spiro atoms. The summed E-state index contributed by atoms with van der Waals surface area (Å²) in [5.74, 6) is 0. The summed E-state index contributed by atoms with van der Waals surface area (Å²) in [5, 5.41) is 8.55. The summed E-state index contributed by atoms with van der Waals surface area (Å²) in [6.07, 6.45) is 5.11. The van der Waals surface area contributed by atoms with E-state index in [1.54, 1.807) is 6.08 Å². The highest BCUT2D eigenvalue weighted by molar-refractivity contribution is 5.14. The lowest BCUT2D eigenvalue weighted by Crippen LogP contribution is -2.31. The number of rotatable bonds is 1. The van der Waals surface area contributed by atoms with Crippen molar-refractivity contribution in [2.45, 2.75) is 39.2 Å². The minimum atomic E-state index is 0.640. The largest absolute Gasteiger partial charge is 0.301 e. The molecule has 0 aromatic carbocycles. The molecule has 1 fully saturated rings. The first-order valence-electron chi connectivity index (χ1n) is 5.05. The molecule has 0 radical (unpaired) electrons. The lowest BCUT2D eigenvalue weighted by Gasteiger charge is -2.23. The van der Waals surface area contributed by atoms with Gasteiger partial charge in [0.2, 0.25) is 0 Å². The summed E-state index contributed by atoms with van der Waals surface area (Å²) in [4.78, 5) is 2.48. The fourth-order valence-electron chi connectivity index (χ4n) is 1.79. The predicted octanol–water partition coefficient (Wildman–Crippen LogP) is 2.33. The first kappa shape index (κ1) is 10.3. The lowest BCUT2D eigenvalue weighted by molar-refractivity contribution is 0.232. The first-order valence-corrected chi connectivity index (χ1v) is 5.05. The molecular formula is C11H18N2. The normalized spacial score (nSPS) is 23.1. The first-order chi connectivity index (χ1) is 6.24. The van der Waals surface area contributed by atoms with Crippen LogP contribution in [0, 0.1) is 11.3 Å². The minimum absolute atomic E-state index is 0.640. The molecule has 1 saturated heterocycles. The van der Waals surface area contributed by atoms with Crippen LogP contribution in [0.1, 0.15) is 33.1 Å². The highest BCUT2D eigenvalue weighted by Gasteiger charge is 2.13. The van der Waals surface area contributed by atoms with Gasteiger partial charge in [-0.3, -0.25) is 0 Å². The third kappa shape index (κ3) is 3.20. The second-order valence-electron chi connectivity index (χ2n) is 3.91. The van der Waals surface area contributed by atoms with Crippen LogP contribution in [0.5, 0.6) is 0 Å². The average Bonchev–Trinajstić information content (AvgIpc) is 2.30. The Morgan fingerprint density at radius 1 is 1.38 bits per heavy atom. The van der Waals surface area contributed by atoms with Gasteiger partial charge in [0.05, 0.1) is 6.07 Å². The van der Waals surface area contributed by atoms with Gasteiger partial charge in [0.1, 0.15) is 0 Å². The molecule has 13 heavy (non-hydrogen) atoms. The molecule has 0 bridgehead atoms. The number of allylic oxidation sites excluding steroid dienone is 1. The average molecular weight is 178 g/mol. The van der Waals surface area contributed by atoms with E-state index in [1.807, 2.05) is 0 Å². The third-order valence-corrected chi connectivity index (χ3v) is 2.66. The van der Waals surface area contributed by atoms with E-state index in [9.17, 15) is 0 Å². The summed E-state index contributed by atoms with van der Waals surface area (Å²) in [6.45, 7) is 6.77. The van der Waals surface area contributed by atoms with E-state index in [0.717, 1.165) is 19.4 Å². The standard InChI is InChI=1S/C11H18N2/c1-10(2)13-8-3-4-11(5-7-12)6-9-13/h5,10H,3-4,6,8-9H2,1-2H3. The Labute approximate surface area is 80.8 Å². The summed E-state index contributed by atoms with van der Waals surface area (Å²) < 4.78 is 0. The van der Waals surface area contributed by atoms with Gasteiger partial charge in [-0.15, -0.1) is 0 Å². The molecule has 0 atom stereocenters. The zero-order valence-electron chi connectivity index (χ0n) is 8.58. The van der Waals surface area contributed by atoms with E-state index in [1.165, 1.54) is 18.5 Å². The topological polar surface area (TPSA) is 27.0 Å². The molecule has 0 aliphatic carbocycles. The van der Waals surface area contributed by atoms with Crippen LogP contribution in [-0.2, 0) is 0 Å². The van der Waals surface area contributed by atoms with Crippen LogP contribution in [0.4, 0.5) is 0 Å². The summed E-state index contributed by atoms with van der Waals surface area (Å²) in [7, 11) is 0. The van der Waals surface area contributed by atoms with Crippen LogP contribution in [-0.4, -0.2) is 24.0 Å². The van der Waals surface area contributed by atoms with Crippen LogP contribution in [0.3, 0.4) is 0 Å². The Kier molecular flexibility index (Phi) is 3.98. The van der Waals surface area contributed by atoms with E-state index >= 15 is 0 Å². The molecule has 1 heterocycles. The monoisotopic (exact) mass is 178 g/mol. The van der Waals surface area contributed by atoms with Gasteiger partial charge in [0.15, 0.2) is 0 Å². The third-order valence-electron chi connectivity index (χ3n) is 2.66. The van der Waals surface area contributed by atoms with E-state index in [0.29, 0.717) is 6.04 Å². The highest BCUT2D eigenvalue weighted by Crippen LogP contribution is 2.17. The van der Waals surface area contributed by atoms with Crippen molar-refractivity contribution in [3.05, 3.63) is 11.6 Å². The van der Waals surface area contributed by atoms with E-state index in [4.69, 9.17) is 5.26 Å². The van der Waals surface area contributed by atoms with Gasteiger partial charge in [-0.25, -0.2) is 0 Å². The molecular weight excluding hydrogens is 160 g/mol. The van der Waals surface area contributed by atoms with Crippen molar-refractivity contribution < 1.29 is 0 Å². The van der Waals surface area contributed by atoms with Gasteiger partial charge < -0.3 is 4.90 Å². The number of hydrogen-bond acceptors (Lipinski definition) is 2. The van der Waals surface area contributed by atoms with E-state index < -0.39 is 0 Å². The second-order valence-corrected chi connectivity index (χ2v) is 3.91. The number of hydrogen-bond donors (Lipinski definition) is 0. The smallest absolute Gasteiger partial charge is 0.0911 e. The molecule has 0 N–H and O–H groups in total. The number of nitrogens with zero attached hydrogens (tertiary/aromatic N) is 2. The maximum Gasteiger partial charge on any atom is 0.0911 e. The molecule has 2 nitrogen and oxygen atoms in total. The lowest BCUT2D eigenvalue weighted by atomic mass is 10.1. The zero-order chi connectivity index (χ0) is 9.68. The SMILES string of the molecule is CC(C)N1CCCC(=CC#N)CC1. The molecule has 0 unspecified atom stereocenters. The molecule has 1 aliphatic rings. The van der Waals surface area contributed by atoms with Crippen molar-refractivity contribution in [3.63, 3.8) is 0 Å². The molecule has 1 rings (SSSR count). The molecule has 0 amide bonds. The van der Waals surface area contributed by atoms with Crippen LogP contribution >= 0.6 is 0 Å². The Morgan fingerprint density at radius 3 is 2.77 bits per heavy atom. The van der Waals surface area contributed by atoms with Crippen molar-refractivity contribution >= 4 is 0 Å². The number of likely N-dealkylation sites (tertiary alicyclic amines) is 1. The Bertz CT molecular complexity index is 223. The van der Waals surface area contributed by atoms with Gasteiger partial charge in [0, 0.05) is 18.7 Å². The van der Waals surface area contributed by atoms with Gasteiger partial charge in [-0.05, 0) is 39.7 Å². The van der Waals surface area contributed by atoms with Crippen LogP contribution < -0.4 is 0 Å². The van der Waals surface area contributed by atoms with Crippen molar-refractivity contribution in [2.75, 3.05) is 13.1 Å². The Morgan fingerprint density at radius 2 is 2.15 bits per heavy atom. The van der Waals surface area contributed by atoms with E-state index in [-0.39, 0.29) is 0 Å². The predicted molar refractivity (Wildman–Crippen MR) is 54.3 cm³/mol. The van der Waals surface area contributed by atoms with E-state index in [2.05, 4.69) is 24.8 Å². The maximum absolute atomic E-state index is 8.55. The fraction of sp³-hybridized carbons (Fsp3) is 0.727. The molecule has 0 saturated carbocycles. The van der Waals surface area contributed by atoms with Crippen molar-refractivity contribution in [3.8, 4) is 6.07 Å². The fourth-order valence-corrected chi connectivity index (χ4v) is 1.79. The molecule has 1 aliphatic heterocycles. The minimum Gasteiger partial charge on any atom is -0.301 e. The summed E-state index contributed by atoms with van der Waals surface area (Å²) >= 11 is 0. The van der Waals surface area contributed by atoms with Crippen molar-refractivity contribution in [1.82, 2.24) is 4.90 Å². The van der Waals surface area contributed by atoms with Crippen molar-refractivity contribution in [2.24, 2.45) is 0 Å². The second kappa shape index (κ2) is 5.04. The Balaban J connectivity index is 2.50. The highest BCUT2D eigenvalue weighted by atomic mass is 15.1. The zero-order valence-corrected chi connectivity index (χ0v) is 8.58. The van der Waals surface area contributed by atoms with Gasteiger partial charge >= 0.3 is 0 Å². The number of nitriles is 1. The van der Waals surface area contributed by atoms with Crippen LogP contribution in [0.2, 0.25) is 0 Å². The molecule has 0 aromatic heterocycles. The van der Waals surface area contributed by atoms with Gasteiger partial charge in [-0.1, -0.05) is 5.57 Å². The Hall–Kier alpha value is -0.810.